The van der Waals surface area contributed by atoms with E-state index in [0.717, 1.165) is 11.0 Å². The second-order valence-corrected chi connectivity index (χ2v) is 5.96. The molecule has 0 fully saturated rings. The van der Waals surface area contributed by atoms with E-state index in [1.165, 1.54) is 6.20 Å². The quantitative estimate of drug-likeness (QED) is 0.533. The van der Waals surface area contributed by atoms with Crippen LogP contribution in [0.15, 0.2) is 36.0 Å². The number of nitriles is 1. The Morgan fingerprint density at radius 1 is 1.43 bits per heavy atom. The molecule has 0 amide bonds. The van der Waals surface area contributed by atoms with Crippen LogP contribution in [-0.4, -0.2) is 22.1 Å². The van der Waals surface area contributed by atoms with Crippen molar-refractivity contribution in [2.45, 2.75) is 33.2 Å². The summed E-state index contributed by atoms with van der Waals surface area (Å²) >= 11 is 0. The number of benzene rings is 1. The van der Waals surface area contributed by atoms with Gasteiger partial charge in [-0.3, -0.25) is 0 Å². The zero-order chi connectivity index (χ0) is 17.0. The first-order chi connectivity index (χ1) is 10.9. The van der Waals surface area contributed by atoms with E-state index in [2.05, 4.69) is 31.1 Å². The molecule has 2 aromatic rings. The van der Waals surface area contributed by atoms with Gasteiger partial charge in [-0.05, 0) is 39.8 Å². The van der Waals surface area contributed by atoms with Crippen LogP contribution >= 0.6 is 0 Å². The van der Waals surface area contributed by atoms with Crippen LogP contribution in [0.5, 0.6) is 0 Å². The smallest absolute Gasteiger partial charge is 0.350 e. The van der Waals surface area contributed by atoms with Gasteiger partial charge in [-0.1, -0.05) is 12.1 Å². The van der Waals surface area contributed by atoms with Gasteiger partial charge in [-0.2, -0.15) is 5.26 Å². The van der Waals surface area contributed by atoms with Crippen molar-refractivity contribution in [3.05, 3.63) is 36.0 Å². The van der Waals surface area contributed by atoms with Crippen molar-refractivity contribution >= 4 is 23.0 Å². The van der Waals surface area contributed by atoms with Gasteiger partial charge in [0.1, 0.15) is 6.07 Å². The first-order valence-corrected chi connectivity index (χ1v) is 7.40. The summed E-state index contributed by atoms with van der Waals surface area (Å²) < 4.78 is 6.87. The number of para-hydroxylation sites is 2. The zero-order valence-electron chi connectivity index (χ0n) is 13.8. The Morgan fingerprint density at radius 3 is 2.74 bits per heavy atom. The fourth-order valence-electron chi connectivity index (χ4n) is 2.28. The molecule has 0 atom stereocenters. The molecule has 1 aromatic carbocycles. The van der Waals surface area contributed by atoms with Gasteiger partial charge in [0.25, 0.3) is 0 Å². The van der Waals surface area contributed by atoms with Crippen molar-refractivity contribution in [3.8, 4) is 6.07 Å². The van der Waals surface area contributed by atoms with Crippen LogP contribution in [-0.2, 0) is 15.1 Å². The van der Waals surface area contributed by atoms with Crippen molar-refractivity contribution < 1.29 is 9.53 Å². The third-order valence-electron chi connectivity index (χ3n) is 3.19. The van der Waals surface area contributed by atoms with Gasteiger partial charge in [-0.15, -0.1) is 0 Å². The molecule has 0 aliphatic rings. The number of rotatable bonds is 4. The van der Waals surface area contributed by atoms with Gasteiger partial charge in [0.15, 0.2) is 5.57 Å². The zero-order valence-corrected chi connectivity index (χ0v) is 13.8. The number of hydrogen-bond donors (Lipinski definition) is 1. The lowest BCUT2D eigenvalue weighted by molar-refractivity contribution is -0.138. The lowest BCUT2D eigenvalue weighted by atomic mass is 10.1. The van der Waals surface area contributed by atoms with E-state index in [-0.39, 0.29) is 17.7 Å². The second kappa shape index (κ2) is 6.53. The van der Waals surface area contributed by atoms with Crippen LogP contribution in [0.3, 0.4) is 0 Å². The Hall–Kier alpha value is -2.81. The van der Waals surface area contributed by atoms with E-state index >= 15 is 0 Å². The maximum Gasteiger partial charge on any atom is 0.350 e. The molecule has 1 aromatic heterocycles. The first-order valence-electron chi connectivity index (χ1n) is 7.40. The predicted molar refractivity (Wildman–Crippen MR) is 88.7 cm³/mol. The molecule has 0 saturated carbocycles. The number of carbonyl (C=O) groups excluding carboxylic acids is 1. The van der Waals surface area contributed by atoms with Crippen molar-refractivity contribution in [2.24, 2.45) is 0 Å². The minimum atomic E-state index is -0.652. The highest BCUT2D eigenvalue weighted by Gasteiger charge is 2.21. The minimum Gasteiger partial charge on any atom is -0.462 e. The van der Waals surface area contributed by atoms with Crippen LogP contribution in [0.25, 0.3) is 11.0 Å². The molecular formula is C17H20N4O2. The number of ether oxygens (including phenoxy) is 1. The molecular weight excluding hydrogens is 292 g/mol. The molecule has 120 valence electrons. The summed E-state index contributed by atoms with van der Waals surface area (Å²) in [6.45, 7) is 8.10. The monoisotopic (exact) mass is 312 g/mol. The van der Waals surface area contributed by atoms with Crippen LogP contribution in [0, 0.1) is 11.3 Å². The third kappa shape index (κ3) is 3.51. The van der Waals surface area contributed by atoms with E-state index in [1.807, 2.05) is 34.9 Å². The first kappa shape index (κ1) is 16.6. The molecule has 0 saturated heterocycles. The Morgan fingerprint density at radius 2 is 2.13 bits per heavy atom. The molecule has 23 heavy (non-hydrogen) atoms. The number of fused-ring (bicyclic) bond motifs is 1. The molecule has 0 bridgehead atoms. The van der Waals surface area contributed by atoms with Gasteiger partial charge < -0.3 is 14.6 Å². The average molecular weight is 312 g/mol. The van der Waals surface area contributed by atoms with E-state index in [4.69, 9.17) is 10.00 Å². The van der Waals surface area contributed by atoms with Gasteiger partial charge in [0.2, 0.25) is 5.95 Å². The molecule has 0 aliphatic carbocycles. The fourth-order valence-corrected chi connectivity index (χ4v) is 2.28. The summed E-state index contributed by atoms with van der Waals surface area (Å²) in [5.41, 5.74) is 1.50. The Kier molecular flexibility index (Phi) is 4.70. The molecule has 6 heteroatoms. The minimum absolute atomic E-state index is 0.0978. The lowest BCUT2D eigenvalue weighted by Crippen LogP contribution is -2.23. The van der Waals surface area contributed by atoms with Gasteiger partial charge >= 0.3 is 5.97 Å². The molecule has 6 nitrogen and oxygen atoms in total. The summed E-state index contributed by atoms with van der Waals surface area (Å²) in [4.78, 5) is 16.2. The Balaban J connectivity index is 2.44. The number of esters is 1. The van der Waals surface area contributed by atoms with Crippen molar-refractivity contribution in [3.63, 3.8) is 0 Å². The topological polar surface area (TPSA) is 79.9 Å². The van der Waals surface area contributed by atoms with Crippen molar-refractivity contribution in [1.82, 2.24) is 9.55 Å². The number of hydrogen-bond acceptors (Lipinski definition) is 5. The SMILES string of the molecule is CCOC(=O)C(C#N)=CNc1nc2ccccc2n1C(C)(C)C. The van der Waals surface area contributed by atoms with E-state index < -0.39 is 5.97 Å². The number of nitrogens with one attached hydrogen (secondary N) is 1. The summed E-state index contributed by atoms with van der Waals surface area (Å²) in [7, 11) is 0. The van der Waals surface area contributed by atoms with Gasteiger partial charge in [0, 0.05) is 11.7 Å². The third-order valence-corrected chi connectivity index (χ3v) is 3.19. The summed E-state index contributed by atoms with van der Waals surface area (Å²) in [5, 5.41) is 12.0. The average Bonchev–Trinajstić information content (AvgIpc) is 2.86. The van der Waals surface area contributed by atoms with Crippen LogP contribution in [0.2, 0.25) is 0 Å². The largest absolute Gasteiger partial charge is 0.462 e. The molecule has 1 heterocycles. The number of anilines is 1. The Bertz CT molecular complexity index is 791. The number of aromatic nitrogens is 2. The van der Waals surface area contributed by atoms with Crippen molar-refractivity contribution in [1.29, 1.82) is 5.26 Å². The predicted octanol–water partition coefficient (Wildman–Crippen LogP) is 3.17. The van der Waals surface area contributed by atoms with Crippen LogP contribution in [0.1, 0.15) is 27.7 Å². The maximum atomic E-state index is 11.7. The fraction of sp³-hybridized carbons (Fsp3) is 0.353. The van der Waals surface area contributed by atoms with E-state index in [0.29, 0.717) is 5.95 Å². The maximum absolute atomic E-state index is 11.7. The van der Waals surface area contributed by atoms with E-state index in [1.54, 1.807) is 6.92 Å². The Labute approximate surface area is 135 Å². The normalized spacial score (nSPS) is 12.0. The number of carbonyl (C=O) groups is 1. The van der Waals surface area contributed by atoms with Crippen LogP contribution < -0.4 is 5.32 Å². The molecule has 0 aliphatic heterocycles. The summed E-state index contributed by atoms with van der Waals surface area (Å²) in [5.74, 6) is -0.0864. The van der Waals surface area contributed by atoms with E-state index in [9.17, 15) is 4.79 Å². The lowest BCUT2D eigenvalue weighted by Gasteiger charge is -2.24. The number of imidazole rings is 1. The molecule has 0 radical (unpaired) electrons. The number of nitrogens with zero attached hydrogens (tertiary/aromatic N) is 3. The standard InChI is InChI=1S/C17H20N4O2/c1-5-23-15(22)12(10-18)11-19-16-20-13-8-6-7-9-14(13)21(16)17(2,3)4/h6-9,11H,5H2,1-4H3,(H,19,20). The highest BCUT2D eigenvalue weighted by Crippen LogP contribution is 2.27. The van der Waals surface area contributed by atoms with Gasteiger partial charge in [-0.25, -0.2) is 9.78 Å². The molecule has 1 N–H and O–H groups in total. The van der Waals surface area contributed by atoms with Crippen molar-refractivity contribution in [2.75, 3.05) is 11.9 Å². The molecule has 2 rings (SSSR count). The summed E-state index contributed by atoms with van der Waals surface area (Å²) in [6, 6.07) is 9.61. The van der Waals surface area contributed by atoms with Gasteiger partial charge in [0.05, 0.1) is 17.6 Å². The second-order valence-electron chi connectivity index (χ2n) is 5.96. The summed E-state index contributed by atoms with van der Waals surface area (Å²) in [6.07, 6.45) is 1.33. The highest BCUT2D eigenvalue weighted by molar-refractivity contribution is 5.93. The van der Waals surface area contributed by atoms with Crippen LogP contribution in [0.4, 0.5) is 5.95 Å². The molecule has 0 spiro atoms. The highest BCUT2D eigenvalue weighted by atomic mass is 16.5. The molecule has 0 unspecified atom stereocenters.